The number of ether oxygens (including phenoxy) is 2. The van der Waals surface area contributed by atoms with E-state index in [0.29, 0.717) is 6.79 Å². The summed E-state index contributed by atoms with van der Waals surface area (Å²) in [5.74, 6) is 1.33. The quantitative estimate of drug-likeness (QED) is 0.873. The number of hydrogen-bond donors (Lipinski definition) is 2. The van der Waals surface area contributed by atoms with E-state index in [1.165, 1.54) is 24.8 Å². The number of carbonyl (C=O) groups is 1. The van der Waals surface area contributed by atoms with E-state index < -0.39 is 0 Å². The van der Waals surface area contributed by atoms with E-state index in [1.807, 2.05) is 13.0 Å². The van der Waals surface area contributed by atoms with E-state index in [0.717, 1.165) is 30.9 Å². The third-order valence-electron chi connectivity index (χ3n) is 4.97. The molecule has 0 aromatic heterocycles. The third-order valence-corrected chi connectivity index (χ3v) is 4.97. The van der Waals surface area contributed by atoms with E-state index in [1.54, 1.807) is 0 Å². The monoisotopic (exact) mass is 304 g/mol. The van der Waals surface area contributed by atoms with Crippen molar-refractivity contribution in [1.29, 1.82) is 0 Å². The average Bonchev–Trinajstić information content (AvgIpc) is 3.01. The Kier molecular flexibility index (Phi) is 4.25. The van der Waals surface area contributed by atoms with Gasteiger partial charge in [0, 0.05) is 12.0 Å². The molecule has 120 valence electrons. The molecule has 1 saturated carbocycles. The van der Waals surface area contributed by atoms with Crippen molar-refractivity contribution in [2.24, 2.45) is 5.73 Å². The molecule has 2 aliphatic rings. The summed E-state index contributed by atoms with van der Waals surface area (Å²) < 4.78 is 10.9. The molecule has 1 aromatic carbocycles. The van der Waals surface area contributed by atoms with Gasteiger partial charge in [0.2, 0.25) is 12.7 Å². The molecule has 1 amide bonds. The van der Waals surface area contributed by atoms with E-state index in [2.05, 4.69) is 17.4 Å². The lowest BCUT2D eigenvalue weighted by atomic mass is 9.69. The zero-order chi connectivity index (χ0) is 15.6. The average molecular weight is 304 g/mol. The fourth-order valence-electron chi connectivity index (χ4n) is 3.47. The number of amides is 1. The van der Waals surface area contributed by atoms with Crippen LogP contribution in [0.1, 0.15) is 44.6 Å². The van der Waals surface area contributed by atoms with Gasteiger partial charge in [0.1, 0.15) is 0 Å². The van der Waals surface area contributed by atoms with Crippen LogP contribution in [-0.2, 0) is 10.2 Å². The van der Waals surface area contributed by atoms with Crippen molar-refractivity contribution < 1.29 is 14.3 Å². The zero-order valence-electron chi connectivity index (χ0n) is 13.1. The van der Waals surface area contributed by atoms with Gasteiger partial charge in [-0.3, -0.25) is 4.79 Å². The molecular formula is C17H24N2O3. The van der Waals surface area contributed by atoms with Gasteiger partial charge in [-0.2, -0.15) is 0 Å². The van der Waals surface area contributed by atoms with Crippen LogP contribution in [0.15, 0.2) is 18.2 Å². The lowest BCUT2D eigenvalue weighted by Crippen LogP contribution is -2.47. The molecule has 0 unspecified atom stereocenters. The third kappa shape index (κ3) is 2.90. The molecule has 1 heterocycles. The van der Waals surface area contributed by atoms with Crippen LogP contribution in [0.5, 0.6) is 11.5 Å². The first kappa shape index (κ1) is 15.2. The van der Waals surface area contributed by atoms with E-state index in [4.69, 9.17) is 15.2 Å². The smallest absolute Gasteiger partial charge is 0.234 e. The summed E-state index contributed by atoms with van der Waals surface area (Å²) in [4.78, 5) is 11.3. The fourth-order valence-corrected chi connectivity index (χ4v) is 3.47. The lowest BCUT2D eigenvalue weighted by Gasteiger charge is -2.39. The van der Waals surface area contributed by atoms with Crippen molar-refractivity contribution in [2.75, 3.05) is 13.3 Å². The molecule has 0 bridgehead atoms. The largest absolute Gasteiger partial charge is 0.454 e. The Labute approximate surface area is 131 Å². The Morgan fingerprint density at radius 3 is 2.73 bits per heavy atom. The molecule has 5 heteroatoms. The summed E-state index contributed by atoms with van der Waals surface area (Å²) in [6.07, 6.45) is 5.93. The SMILES string of the molecule is C[C@@H](NCC1(c2ccc3c(c2)OCO3)CCCCC1)C(N)=O. The number of nitrogens with two attached hydrogens (primary N) is 1. The number of hydrogen-bond acceptors (Lipinski definition) is 4. The van der Waals surface area contributed by atoms with Crippen molar-refractivity contribution in [2.45, 2.75) is 50.5 Å². The fraction of sp³-hybridized carbons (Fsp3) is 0.588. The van der Waals surface area contributed by atoms with Gasteiger partial charge >= 0.3 is 0 Å². The van der Waals surface area contributed by atoms with Crippen molar-refractivity contribution >= 4 is 5.91 Å². The summed E-state index contributed by atoms with van der Waals surface area (Å²) in [6.45, 7) is 2.87. The van der Waals surface area contributed by atoms with Gasteiger partial charge in [-0.05, 0) is 37.5 Å². The minimum Gasteiger partial charge on any atom is -0.454 e. The van der Waals surface area contributed by atoms with Gasteiger partial charge in [0.25, 0.3) is 0 Å². The molecule has 1 fully saturated rings. The van der Waals surface area contributed by atoms with E-state index >= 15 is 0 Å². The van der Waals surface area contributed by atoms with Crippen molar-refractivity contribution in [3.05, 3.63) is 23.8 Å². The number of fused-ring (bicyclic) bond motifs is 1. The molecule has 1 aromatic rings. The second-order valence-electron chi connectivity index (χ2n) is 6.41. The van der Waals surface area contributed by atoms with Gasteiger partial charge < -0.3 is 20.5 Å². The molecular weight excluding hydrogens is 280 g/mol. The summed E-state index contributed by atoms with van der Waals surface area (Å²) in [5.41, 5.74) is 6.68. The van der Waals surface area contributed by atoms with Gasteiger partial charge in [-0.15, -0.1) is 0 Å². The van der Waals surface area contributed by atoms with Crippen LogP contribution in [-0.4, -0.2) is 25.3 Å². The Hall–Kier alpha value is -1.75. The minimum atomic E-state index is -0.312. The summed E-state index contributed by atoms with van der Waals surface area (Å²) in [5, 5.41) is 3.31. The van der Waals surface area contributed by atoms with Crippen molar-refractivity contribution in [1.82, 2.24) is 5.32 Å². The molecule has 1 atom stereocenters. The second kappa shape index (κ2) is 6.16. The first-order chi connectivity index (χ1) is 10.6. The lowest BCUT2D eigenvalue weighted by molar-refractivity contribution is -0.119. The summed E-state index contributed by atoms with van der Waals surface area (Å²) in [6, 6.07) is 5.92. The van der Waals surface area contributed by atoms with Gasteiger partial charge in [-0.25, -0.2) is 0 Å². The summed E-state index contributed by atoms with van der Waals surface area (Å²) in [7, 11) is 0. The van der Waals surface area contributed by atoms with Crippen LogP contribution in [0.3, 0.4) is 0 Å². The standard InChI is InChI=1S/C17H24N2O3/c1-12(16(18)20)19-10-17(7-3-2-4-8-17)13-5-6-14-15(9-13)22-11-21-14/h5-6,9,12,19H,2-4,7-8,10-11H2,1H3,(H2,18,20)/t12-/m1/s1. The second-order valence-corrected chi connectivity index (χ2v) is 6.41. The topological polar surface area (TPSA) is 73.6 Å². The van der Waals surface area contributed by atoms with Crippen LogP contribution in [0.4, 0.5) is 0 Å². The van der Waals surface area contributed by atoms with Crippen LogP contribution >= 0.6 is 0 Å². The van der Waals surface area contributed by atoms with E-state index in [-0.39, 0.29) is 17.4 Å². The zero-order valence-corrected chi connectivity index (χ0v) is 13.1. The van der Waals surface area contributed by atoms with Gasteiger partial charge in [0.15, 0.2) is 11.5 Å². The molecule has 3 rings (SSSR count). The molecule has 0 spiro atoms. The Bertz CT molecular complexity index is 553. The summed E-state index contributed by atoms with van der Waals surface area (Å²) >= 11 is 0. The van der Waals surface area contributed by atoms with Crippen LogP contribution in [0, 0.1) is 0 Å². The molecule has 22 heavy (non-hydrogen) atoms. The number of benzene rings is 1. The minimum absolute atomic E-state index is 0.0446. The normalized spacial score (nSPS) is 20.6. The maximum Gasteiger partial charge on any atom is 0.234 e. The number of rotatable bonds is 5. The first-order valence-electron chi connectivity index (χ1n) is 8.04. The molecule has 1 aliphatic heterocycles. The molecule has 5 nitrogen and oxygen atoms in total. The Balaban J connectivity index is 1.83. The van der Waals surface area contributed by atoms with E-state index in [9.17, 15) is 4.79 Å². The van der Waals surface area contributed by atoms with Crippen molar-refractivity contribution in [3.8, 4) is 11.5 Å². The van der Waals surface area contributed by atoms with Crippen LogP contribution in [0.25, 0.3) is 0 Å². The Morgan fingerprint density at radius 2 is 2.00 bits per heavy atom. The van der Waals surface area contributed by atoms with Gasteiger partial charge in [0.05, 0.1) is 6.04 Å². The predicted octanol–water partition coefficient (Wildman–Crippen LogP) is 2.08. The highest BCUT2D eigenvalue weighted by Crippen LogP contribution is 2.43. The maximum atomic E-state index is 11.3. The molecule has 3 N–H and O–H groups in total. The highest BCUT2D eigenvalue weighted by atomic mass is 16.7. The highest BCUT2D eigenvalue weighted by Gasteiger charge is 2.35. The highest BCUT2D eigenvalue weighted by molar-refractivity contribution is 5.79. The molecule has 1 aliphatic carbocycles. The molecule has 0 radical (unpaired) electrons. The maximum absolute atomic E-state index is 11.3. The predicted molar refractivity (Wildman–Crippen MR) is 84.0 cm³/mol. The van der Waals surface area contributed by atoms with Crippen LogP contribution in [0.2, 0.25) is 0 Å². The first-order valence-corrected chi connectivity index (χ1v) is 8.04. The number of nitrogens with one attached hydrogen (secondary N) is 1. The number of primary amides is 1. The van der Waals surface area contributed by atoms with Crippen molar-refractivity contribution in [3.63, 3.8) is 0 Å². The number of carbonyl (C=O) groups excluding carboxylic acids is 1. The van der Waals surface area contributed by atoms with Crippen LogP contribution < -0.4 is 20.5 Å². The molecule has 0 saturated heterocycles. The van der Waals surface area contributed by atoms with Gasteiger partial charge in [-0.1, -0.05) is 25.3 Å². The Morgan fingerprint density at radius 1 is 1.27 bits per heavy atom.